The molecule has 2 aliphatic rings. The Bertz CT molecular complexity index is 432. The Balaban J connectivity index is 1.73. The maximum absolute atomic E-state index is 12.3. The fourth-order valence-electron chi connectivity index (χ4n) is 3.54. The molecule has 108 valence electrons. The molecular weight excluding hydrogens is 246 g/mol. The van der Waals surface area contributed by atoms with Crippen molar-refractivity contribution < 1.29 is 4.79 Å². The molecule has 1 N–H and O–H groups in total. The van der Waals surface area contributed by atoms with Gasteiger partial charge in [0, 0.05) is 5.92 Å². The van der Waals surface area contributed by atoms with Crippen molar-refractivity contribution in [1.82, 2.24) is 5.32 Å². The third-order valence-corrected chi connectivity index (χ3v) is 5.05. The lowest BCUT2D eigenvalue weighted by Crippen LogP contribution is -2.40. The SMILES string of the molecule is O=C(NC(c1ccccc1)C1CCCCC1)C1CCC1. The van der Waals surface area contributed by atoms with Crippen LogP contribution in [0.2, 0.25) is 0 Å². The van der Waals surface area contributed by atoms with Gasteiger partial charge in [0.15, 0.2) is 0 Å². The van der Waals surface area contributed by atoms with Gasteiger partial charge >= 0.3 is 0 Å². The highest BCUT2D eigenvalue weighted by Gasteiger charge is 2.31. The summed E-state index contributed by atoms with van der Waals surface area (Å²) in [5, 5.41) is 3.37. The molecule has 0 heterocycles. The van der Waals surface area contributed by atoms with E-state index in [1.807, 2.05) is 0 Å². The maximum atomic E-state index is 12.3. The molecule has 0 saturated heterocycles. The minimum atomic E-state index is 0.226. The fourth-order valence-corrected chi connectivity index (χ4v) is 3.54. The summed E-state index contributed by atoms with van der Waals surface area (Å²) in [5.74, 6) is 1.19. The molecule has 1 amide bonds. The molecule has 2 aliphatic carbocycles. The second kappa shape index (κ2) is 6.43. The van der Waals surface area contributed by atoms with Crippen LogP contribution in [-0.2, 0) is 4.79 Å². The molecule has 2 saturated carbocycles. The van der Waals surface area contributed by atoms with E-state index in [9.17, 15) is 4.79 Å². The van der Waals surface area contributed by atoms with Crippen molar-refractivity contribution >= 4 is 5.91 Å². The highest BCUT2D eigenvalue weighted by atomic mass is 16.2. The summed E-state index contributed by atoms with van der Waals surface area (Å²) >= 11 is 0. The van der Waals surface area contributed by atoms with Crippen molar-refractivity contribution in [2.24, 2.45) is 11.8 Å². The number of carbonyl (C=O) groups is 1. The number of carbonyl (C=O) groups excluding carboxylic acids is 1. The van der Waals surface area contributed by atoms with Crippen molar-refractivity contribution in [3.05, 3.63) is 35.9 Å². The zero-order valence-corrected chi connectivity index (χ0v) is 12.2. The number of hydrogen-bond donors (Lipinski definition) is 1. The summed E-state index contributed by atoms with van der Waals surface area (Å²) in [5.41, 5.74) is 1.28. The van der Waals surface area contributed by atoms with Crippen LogP contribution in [0, 0.1) is 11.8 Å². The van der Waals surface area contributed by atoms with E-state index in [4.69, 9.17) is 0 Å². The van der Waals surface area contributed by atoms with Gasteiger partial charge in [0.05, 0.1) is 6.04 Å². The van der Waals surface area contributed by atoms with Gasteiger partial charge in [-0.3, -0.25) is 4.79 Å². The van der Waals surface area contributed by atoms with E-state index < -0.39 is 0 Å². The lowest BCUT2D eigenvalue weighted by Gasteiger charge is -2.34. The molecule has 1 aromatic rings. The smallest absolute Gasteiger partial charge is 0.223 e. The maximum Gasteiger partial charge on any atom is 0.223 e. The van der Waals surface area contributed by atoms with Crippen LogP contribution < -0.4 is 5.32 Å². The second-order valence-corrected chi connectivity index (χ2v) is 6.42. The summed E-state index contributed by atoms with van der Waals surface area (Å²) in [7, 11) is 0. The Morgan fingerprint density at radius 3 is 2.25 bits per heavy atom. The van der Waals surface area contributed by atoms with E-state index in [1.165, 1.54) is 44.1 Å². The van der Waals surface area contributed by atoms with Crippen molar-refractivity contribution in [2.45, 2.75) is 57.4 Å². The van der Waals surface area contributed by atoms with Crippen molar-refractivity contribution in [3.8, 4) is 0 Å². The first-order chi connectivity index (χ1) is 9.84. The van der Waals surface area contributed by atoms with Gasteiger partial charge in [-0.25, -0.2) is 0 Å². The van der Waals surface area contributed by atoms with Gasteiger partial charge in [-0.2, -0.15) is 0 Å². The van der Waals surface area contributed by atoms with E-state index >= 15 is 0 Å². The highest BCUT2D eigenvalue weighted by molar-refractivity contribution is 5.79. The molecule has 0 radical (unpaired) electrons. The molecule has 2 heteroatoms. The molecule has 0 aliphatic heterocycles. The third kappa shape index (κ3) is 3.05. The topological polar surface area (TPSA) is 29.1 Å². The summed E-state index contributed by atoms with van der Waals surface area (Å²) in [4.78, 5) is 12.3. The van der Waals surface area contributed by atoms with Crippen molar-refractivity contribution in [2.75, 3.05) is 0 Å². The summed E-state index contributed by atoms with van der Waals surface area (Å²) < 4.78 is 0. The number of benzene rings is 1. The Kier molecular flexibility index (Phi) is 4.39. The van der Waals surface area contributed by atoms with Gasteiger partial charge in [-0.1, -0.05) is 56.0 Å². The van der Waals surface area contributed by atoms with Crippen LogP contribution in [0.25, 0.3) is 0 Å². The van der Waals surface area contributed by atoms with Gasteiger partial charge in [-0.05, 0) is 37.2 Å². The summed E-state index contributed by atoms with van der Waals surface area (Å²) in [6.07, 6.45) is 9.87. The fraction of sp³-hybridized carbons (Fsp3) is 0.611. The Morgan fingerprint density at radius 2 is 1.65 bits per heavy atom. The normalized spacial score (nSPS) is 22.0. The molecule has 0 bridgehead atoms. The zero-order chi connectivity index (χ0) is 13.8. The average molecular weight is 271 g/mol. The minimum absolute atomic E-state index is 0.226. The zero-order valence-electron chi connectivity index (χ0n) is 12.2. The van der Waals surface area contributed by atoms with Crippen LogP contribution in [0.4, 0.5) is 0 Å². The van der Waals surface area contributed by atoms with Crippen molar-refractivity contribution in [1.29, 1.82) is 0 Å². The third-order valence-electron chi connectivity index (χ3n) is 5.05. The van der Waals surface area contributed by atoms with Gasteiger partial charge in [0.1, 0.15) is 0 Å². The first-order valence-electron chi connectivity index (χ1n) is 8.20. The monoisotopic (exact) mass is 271 g/mol. The number of hydrogen-bond acceptors (Lipinski definition) is 1. The van der Waals surface area contributed by atoms with Crippen LogP contribution in [-0.4, -0.2) is 5.91 Å². The second-order valence-electron chi connectivity index (χ2n) is 6.42. The van der Waals surface area contributed by atoms with E-state index in [0.717, 1.165) is 12.8 Å². The van der Waals surface area contributed by atoms with Gasteiger partial charge in [0.25, 0.3) is 0 Å². The number of amides is 1. The molecular formula is C18H25NO. The van der Waals surface area contributed by atoms with Crippen LogP contribution in [0.15, 0.2) is 30.3 Å². The quantitative estimate of drug-likeness (QED) is 0.872. The molecule has 0 spiro atoms. The van der Waals surface area contributed by atoms with E-state index in [-0.39, 0.29) is 17.9 Å². The molecule has 0 aromatic heterocycles. The predicted molar refractivity (Wildman–Crippen MR) is 81.2 cm³/mol. The van der Waals surface area contributed by atoms with E-state index in [2.05, 4.69) is 35.6 Å². The Morgan fingerprint density at radius 1 is 0.950 bits per heavy atom. The van der Waals surface area contributed by atoms with Gasteiger partial charge < -0.3 is 5.32 Å². The average Bonchev–Trinajstić information content (AvgIpc) is 2.45. The van der Waals surface area contributed by atoms with Crippen LogP contribution in [0.1, 0.15) is 63.0 Å². The molecule has 3 rings (SSSR count). The molecule has 20 heavy (non-hydrogen) atoms. The van der Waals surface area contributed by atoms with Crippen LogP contribution >= 0.6 is 0 Å². The van der Waals surface area contributed by atoms with Gasteiger partial charge in [-0.15, -0.1) is 0 Å². The Hall–Kier alpha value is -1.31. The lowest BCUT2D eigenvalue weighted by atomic mass is 9.79. The van der Waals surface area contributed by atoms with Gasteiger partial charge in [0.2, 0.25) is 5.91 Å². The molecule has 1 aromatic carbocycles. The standard InChI is InChI=1S/C18H25NO/c20-18(16-12-7-13-16)19-17(14-8-3-1-4-9-14)15-10-5-2-6-11-15/h1,3-4,8-9,15-17H,2,5-7,10-13H2,(H,19,20). The molecule has 1 unspecified atom stereocenters. The van der Waals surface area contributed by atoms with Crippen molar-refractivity contribution in [3.63, 3.8) is 0 Å². The van der Waals surface area contributed by atoms with E-state index in [0.29, 0.717) is 5.92 Å². The minimum Gasteiger partial charge on any atom is -0.349 e. The molecule has 2 fully saturated rings. The molecule has 1 atom stereocenters. The van der Waals surface area contributed by atoms with Crippen LogP contribution in [0.5, 0.6) is 0 Å². The number of nitrogens with one attached hydrogen (secondary N) is 1. The first kappa shape index (κ1) is 13.7. The number of rotatable bonds is 4. The van der Waals surface area contributed by atoms with Crippen LogP contribution in [0.3, 0.4) is 0 Å². The first-order valence-corrected chi connectivity index (χ1v) is 8.20. The largest absolute Gasteiger partial charge is 0.349 e. The summed E-state index contributed by atoms with van der Waals surface area (Å²) in [6.45, 7) is 0. The Labute approximate surface area is 122 Å². The summed E-state index contributed by atoms with van der Waals surface area (Å²) in [6, 6.07) is 10.8. The van der Waals surface area contributed by atoms with E-state index in [1.54, 1.807) is 0 Å². The highest BCUT2D eigenvalue weighted by Crippen LogP contribution is 2.35. The lowest BCUT2D eigenvalue weighted by molar-refractivity contribution is -0.128. The molecule has 2 nitrogen and oxygen atoms in total. The predicted octanol–water partition coefficient (Wildman–Crippen LogP) is 4.22.